The van der Waals surface area contributed by atoms with E-state index >= 15 is 0 Å². The number of aryl methyl sites for hydroxylation is 1. The van der Waals surface area contributed by atoms with Crippen LogP contribution in [0.15, 0.2) is 54.9 Å². The standard InChI is InChI=1S/C32H39N5O6/c1-3-30-33-16-23(17-34-30)18-36-12-10-27-26(19-36)35-31(39)20-37(11-5-13-38)32(40)24-8-9-28(41-2)29(15-24)43-25-7-4-6-22(14-25)21-42-27/h4,6-9,14-17,26-27,38H,3,5,10-13,18-21H2,1-2H3,(H,35,39)/t26-,27-/m0/s1. The number of piperidine rings is 1. The lowest BCUT2D eigenvalue weighted by Gasteiger charge is -2.39. The van der Waals surface area contributed by atoms with E-state index < -0.39 is 0 Å². The van der Waals surface area contributed by atoms with Crippen LogP contribution in [0, 0.1) is 0 Å². The second kappa shape index (κ2) is 14.4. The fourth-order valence-electron chi connectivity index (χ4n) is 5.42. The van der Waals surface area contributed by atoms with Crippen LogP contribution in [-0.4, -0.2) is 88.7 Å². The number of hydrogen-bond acceptors (Lipinski definition) is 9. The van der Waals surface area contributed by atoms with Gasteiger partial charge in [-0.15, -0.1) is 0 Å². The van der Waals surface area contributed by atoms with Crippen molar-refractivity contribution < 1.29 is 28.9 Å². The quantitative estimate of drug-likeness (QED) is 0.428. The molecule has 2 aliphatic rings. The number of aliphatic hydroxyl groups is 1. The first-order valence-corrected chi connectivity index (χ1v) is 14.7. The molecule has 1 fully saturated rings. The van der Waals surface area contributed by atoms with Crippen LogP contribution < -0.4 is 14.8 Å². The maximum Gasteiger partial charge on any atom is 0.254 e. The highest BCUT2D eigenvalue weighted by atomic mass is 16.5. The summed E-state index contributed by atoms with van der Waals surface area (Å²) in [7, 11) is 1.54. The molecule has 2 aromatic carbocycles. The first-order valence-electron chi connectivity index (χ1n) is 14.7. The van der Waals surface area contributed by atoms with Crippen LogP contribution in [0.5, 0.6) is 17.2 Å². The predicted octanol–water partition coefficient (Wildman–Crippen LogP) is 2.95. The highest BCUT2D eigenvalue weighted by Crippen LogP contribution is 2.33. The third-order valence-electron chi connectivity index (χ3n) is 7.67. The number of aliphatic hydroxyl groups excluding tert-OH is 1. The van der Waals surface area contributed by atoms with Gasteiger partial charge in [0.15, 0.2) is 11.5 Å². The molecule has 11 nitrogen and oxygen atoms in total. The van der Waals surface area contributed by atoms with Crippen LogP contribution in [0.4, 0.5) is 0 Å². The Morgan fingerprint density at radius 3 is 2.74 bits per heavy atom. The lowest BCUT2D eigenvalue weighted by molar-refractivity contribution is -0.125. The molecular formula is C32H39N5O6. The number of fused-ring (bicyclic) bond motifs is 5. The molecule has 2 amide bonds. The minimum Gasteiger partial charge on any atom is -0.493 e. The first kappa shape index (κ1) is 30.4. The fourth-order valence-corrected chi connectivity index (χ4v) is 5.42. The van der Waals surface area contributed by atoms with Crippen molar-refractivity contribution in [3.8, 4) is 17.2 Å². The predicted molar refractivity (Wildman–Crippen MR) is 159 cm³/mol. The zero-order valence-electron chi connectivity index (χ0n) is 24.7. The van der Waals surface area contributed by atoms with Crippen molar-refractivity contribution in [3.05, 3.63) is 77.4 Å². The Morgan fingerprint density at radius 2 is 1.98 bits per heavy atom. The Balaban J connectivity index is 1.41. The van der Waals surface area contributed by atoms with E-state index in [2.05, 4.69) is 20.2 Å². The van der Waals surface area contributed by atoms with E-state index in [0.717, 1.165) is 29.9 Å². The molecule has 0 radical (unpaired) electrons. The van der Waals surface area contributed by atoms with Gasteiger partial charge >= 0.3 is 0 Å². The third-order valence-corrected chi connectivity index (χ3v) is 7.67. The molecule has 11 heteroatoms. The summed E-state index contributed by atoms with van der Waals surface area (Å²) in [6, 6.07) is 12.2. The van der Waals surface area contributed by atoms with Crippen LogP contribution in [0.1, 0.15) is 47.1 Å². The van der Waals surface area contributed by atoms with Crippen LogP contribution in [0.2, 0.25) is 0 Å². The molecule has 43 heavy (non-hydrogen) atoms. The number of likely N-dealkylation sites (tertiary alicyclic amines) is 1. The van der Waals surface area contributed by atoms with E-state index in [1.165, 1.54) is 12.0 Å². The number of hydrogen-bond donors (Lipinski definition) is 2. The van der Waals surface area contributed by atoms with Gasteiger partial charge in [-0.2, -0.15) is 0 Å². The molecule has 1 saturated heterocycles. The van der Waals surface area contributed by atoms with E-state index in [-0.39, 0.29) is 43.7 Å². The monoisotopic (exact) mass is 589 g/mol. The van der Waals surface area contributed by atoms with Gasteiger partial charge in [0.05, 0.1) is 32.4 Å². The third kappa shape index (κ3) is 7.86. The number of ether oxygens (including phenoxy) is 3. The van der Waals surface area contributed by atoms with Gasteiger partial charge < -0.3 is 29.5 Å². The molecule has 2 atom stereocenters. The highest BCUT2D eigenvalue weighted by molar-refractivity contribution is 5.97. The van der Waals surface area contributed by atoms with E-state index in [1.807, 2.05) is 43.6 Å². The van der Waals surface area contributed by atoms with Crippen molar-refractivity contribution in [2.75, 3.05) is 39.9 Å². The van der Waals surface area contributed by atoms with Gasteiger partial charge in [-0.3, -0.25) is 14.5 Å². The Morgan fingerprint density at radius 1 is 1.14 bits per heavy atom. The van der Waals surface area contributed by atoms with Crippen molar-refractivity contribution in [1.82, 2.24) is 25.1 Å². The molecule has 0 spiro atoms. The average molecular weight is 590 g/mol. The van der Waals surface area contributed by atoms with Gasteiger partial charge in [-0.25, -0.2) is 9.97 Å². The average Bonchev–Trinajstić information content (AvgIpc) is 3.02. The number of benzene rings is 2. The Labute approximate surface area is 251 Å². The first-order chi connectivity index (χ1) is 20.9. The molecule has 0 saturated carbocycles. The minimum atomic E-state index is -0.342. The SMILES string of the molecule is CCc1ncc(CN2CC[C@@H]3OCc4cccc(c4)Oc4cc(ccc4OC)C(=O)N(CCCO)CC(=O)N[C@H]3C2)cn1. The normalized spacial score (nSPS) is 19.7. The molecule has 4 bridgehead atoms. The van der Waals surface area contributed by atoms with E-state index in [0.29, 0.717) is 55.4 Å². The van der Waals surface area contributed by atoms with E-state index in [9.17, 15) is 14.7 Å². The summed E-state index contributed by atoms with van der Waals surface area (Å²) in [5, 5.41) is 12.6. The number of amides is 2. The van der Waals surface area contributed by atoms with Crippen molar-refractivity contribution in [1.29, 1.82) is 0 Å². The topological polar surface area (TPSA) is 126 Å². The molecule has 0 aliphatic carbocycles. The summed E-state index contributed by atoms with van der Waals surface area (Å²) in [5.74, 6) is 1.62. The number of rotatable bonds is 7. The van der Waals surface area contributed by atoms with Gasteiger partial charge in [0.25, 0.3) is 5.91 Å². The summed E-state index contributed by atoms with van der Waals surface area (Å²) < 4.78 is 18.1. The van der Waals surface area contributed by atoms with Crippen molar-refractivity contribution in [3.63, 3.8) is 0 Å². The summed E-state index contributed by atoms with van der Waals surface area (Å²) in [6.07, 6.45) is 5.32. The van der Waals surface area contributed by atoms with Crippen LogP contribution in [0.25, 0.3) is 0 Å². The zero-order valence-corrected chi connectivity index (χ0v) is 24.7. The lowest BCUT2D eigenvalue weighted by atomic mass is 10.0. The van der Waals surface area contributed by atoms with Gasteiger partial charge in [-0.1, -0.05) is 19.1 Å². The van der Waals surface area contributed by atoms with Crippen LogP contribution >= 0.6 is 0 Å². The maximum absolute atomic E-state index is 13.6. The van der Waals surface area contributed by atoms with Crippen LogP contribution in [0.3, 0.4) is 0 Å². The largest absolute Gasteiger partial charge is 0.493 e. The Kier molecular flexibility index (Phi) is 10.2. The van der Waals surface area contributed by atoms with E-state index in [1.54, 1.807) is 18.2 Å². The van der Waals surface area contributed by atoms with E-state index in [4.69, 9.17) is 14.2 Å². The lowest BCUT2D eigenvalue weighted by Crippen LogP contribution is -2.57. The van der Waals surface area contributed by atoms with Gasteiger partial charge in [0.2, 0.25) is 5.91 Å². The van der Waals surface area contributed by atoms with Gasteiger partial charge in [0, 0.05) is 62.7 Å². The summed E-state index contributed by atoms with van der Waals surface area (Å²) in [5.41, 5.74) is 2.28. The number of nitrogens with one attached hydrogen (secondary N) is 1. The Bertz CT molecular complexity index is 1400. The van der Waals surface area contributed by atoms with Crippen molar-refractivity contribution in [2.24, 2.45) is 0 Å². The van der Waals surface area contributed by atoms with Crippen LogP contribution in [-0.2, 0) is 29.1 Å². The molecule has 3 heterocycles. The summed E-state index contributed by atoms with van der Waals surface area (Å²) >= 11 is 0. The maximum atomic E-state index is 13.6. The molecule has 2 aliphatic heterocycles. The Hall–Kier alpha value is -4.06. The summed E-state index contributed by atoms with van der Waals surface area (Å²) in [4.78, 5) is 39.6. The van der Waals surface area contributed by atoms with Crippen molar-refractivity contribution >= 4 is 11.8 Å². The number of methoxy groups -OCH3 is 1. The molecule has 0 unspecified atom stereocenters. The second-order valence-corrected chi connectivity index (χ2v) is 10.8. The molecule has 1 aromatic heterocycles. The van der Waals surface area contributed by atoms with Crippen molar-refractivity contribution in [2.45, 2.75) is 51.5 Å². The molecule has 3 aromatic rings. The highest BCUT2D eigenvalue weighted by Gasteiger charge is 2.32. The fraction of sp³-hybridized carbons (Fsp3) is 0.438. The molecule has 228 valence electrons. The number of nitrogens with zero attached hydrogens (tertiary/aromatic N) is 4. The number of carbonyl (C=O) groups is 2. The van der Waals surface area contributed by atoms with Gasteiger partial charge in [-0.05, 0) is 48.7 Å². The minimum absolute atomic E-state index is 0.102. The zero-order chi connectivity index (χ0) is 30.2. The van der Waals surface area contributed by atoms with Gasteiger partial charge in [0.1, 0.15) is 11.6 Å². The molecule has 2 N–H and O–H groups in total. The number of carbonyl (C=O) groups excluding carboxylic acids is 2. The molecular weight excluding hydrogens is 550 g/mol. The second-order valence-electron chi connectivity index (χ2n) is 10.8. The smallest absolute Gasteiger partial charge is 0.254 e. The summed E-state index contributed by atoms with van der Waals surface area (Å²) in [6.45, 7) is 4.34. The number of aromatic nitrogens is 2. The molecule has 5 rings (SSSR count).